The highest BCUT2D eigenvalue weighted by molar-refractivity contribution is 6.05. The monoisotopic (exact) mass is 254 g/mol. The van der Waals surface area contributed by atoms with E-state index in [1.54, 1.807) is 0 Å². The lowest BCUT2D eigenvalue weighted by Gasteiger charge is -2.28. The normalized spacial score (nSPS) is 22.4. The first-order valence-electron chi connectivity index (χ1n) is 6.91. The molecule has 1 rings (SSSR count). The van der Waals surface area contributed by atoms with Gasteiger partial charge < -0.3 is 5.32 Å². The lowest BCUT2D eigenvalue weighted by molar-refractivity contribution is -0.141. The first kappa shape index (κ1) is 15.2. The lowest BCUT2D eigenvalue weighted by Crippen LogP contribution is -2.47. The number of hydrogen-bond acceptors (Lipinski definition) is 3. The molecule has 1 heterocycles. The van der Waals surface area contributed by atoms with Crippen molar-refractivity contribution in [1.29, 1.82) is 0 Å². The zero-order valence-corrected chi connectivity index (χ0v) is 12.2. The Morgan fingerprint density at radius 3 is 2.33 bits per heavy atom. The van der Waals surface area contributed by atoms with Crippen molar-refractivity contribution in [3.63, 3.8) is 0 Å². The Morgan fingerprint density at radius 2 is 1.94 bits per heavy atom. The standard InChI is InChI=1S/C14H26N2O2/c1-6-10(3)11(15-7-2)9-16-12(17)8-14(4,5)13(16)18/h10-11,15H,6-9H2,1-5H3. The zero-order valence-electron chi connectivity index (χ0n) is 12.2. The van der Waals surface area contributed by atoms with E-state index in [0.29, 0.717) is 18.9 Å². The van der Waals surface area contributed by atoms with Crippen LogP contribution in [-0.4, -0.2) is 35.8 Å². The summed E-state index contributed by atoms with van der Waals surface area (Å²) in [6.07, 6.45) is 1.38. The largest absolute Gasteiger partial charge is 0.312 e. The van der Waals surface area contributed by atoms with Crippen molar-refractivity contribution in [2.24, 2.45) is 11.3 Å². The van der Waals surface area contributed by atoms with Gasteiger partial charge in [-0.25, -0.2) is 0 Å². The third-order valence-corrected chi connectivity index (χ3v) is 3.89. The first-order valence-corrected chi connectivity index (χ1v) is 6.91. The second-order valence-corrected chi connectivity index (χ2v) is 5.92. The van der Waals surface area contributed by atoms with Crippen molar-refractivity contribution in [1.82, 2.24) is 10.2 Å². The molecule has 2 unspecified atom stereocenters. The van der Waals surface area contributed by atoms with Crippen molar-refractivity contribution < 1.29 is 9.59 Å². The number of amides is 2. The maximum absolute atomic E-state index is 12.2. The summed E-state index contributed by atoms with van der Waals surface area (Å²) in [5.41, 5.74) is -0.525. The maximum atomic E-state index is 12.2. The van der Waals surface area contributed by atoms with Crippen LogP contribution < -0.4 is 5.32 Å². The molecule has 104 valence electrons. The molecular formula is C14H26N2O2. The molecule has 2 amide bonds. The minimum Gasteiger partial charge on any atom is -0.312 e. The number of likely N-dealkylation sites (N-methyl/N-ethyl adjacent to an activating group) is 1. The van der Waals surface area contributed by atoms with Crippen LogP contribution >= 0.6 is 0 Å². The number of hydrogen-bond donors (Lipinski definition) is 1. The molecule has 1 aliphatic rings. The highest BCUT2D eigenvalue weighted by Gasteiger charge is 2.45. The number of likely N-dealkylation sites (tertiary alicyclic amines) is 1. The zero-order chi connectivity index (χ0) is 13.9. The first-order chi connectivity index (χ1) is 8.33. The van der Waals surface area contributed by atoms with E-state index >= 15 is 0 Å². The molecule has 1 saturated heterocycles. The van der Waals surface area contributed by atoms with E-state index in [9.17, 15) is 9.59 Å². The maximum Gasteiger partial charge on any atom is 0.235 e. The van der Waals surface area contributed by atoms with Crippen LogP contribution in [0.5, 0.6) is 0 Å². The van der Waals surface area contributed by atoms with E-state index < -0.39 is 5.41 Å². The summed E-state index contributed by atoms with van der Waals surface area (Å²) in [6.45, 7) is 11.4. The second-order valence-electron chi connectivity index (χ2n) is 5.92. The van der Waals surface area contributed by atoms with Gasteiger partial charge in [-0.1, -0.05) is 41.0 Å². The number of nitrogens with one attached hydrogen (secondary N) is 1. The predicted molar refractivity (Wildman–Crippen MR) is 72.0 cm³/mol. The highest BCUT2D eigenvalue weighted by atomic mass is 16.2. The molecule has 4 heteroatoms. The van der Waals surface area contributed by atoms with Crippen LogP contribution in [0.2, 0.25) is 0 Å². The molecule has 0 spiro atoms. The van der Waals surface area contributed by atoms with Crippen LogP contribution in [0.25, 0.3) is 0 Å². The van der Waals surface area contributed by atoms with Crippen LogP contribution in [-0.2, 0) is 9.59 Å². The molecule has 0 aromatic carbocycles. The summed E-state index contributed by atoms with van der Waals surface area (Å²) in [5.74, 6) is 0.393. The Hall–Kier alpha value is -0.900. The summed E-state index contributed by atoms with van der Waals surface area (Å²) in [7, 11) is 0. The van der Waals surface area contributed by atoms with Crippen molar-refractivity contribution in [3.05, 3.63) is 0 Å². The molecule has 0 aromatic heterocycles. The van der Waals surface area contributed by atoms with E-state index in [2.05, 4.69) is 19.2 Å². The van der Waals surface area contributed by atoms with E-state index in [-0.39, 0.29) is 17.9 Å². The fourth-order valence-electron chi connectivity index (χ4n) is 2.40. The van der Waals surface area contributed by atoms with Crippen molar-refractivity contribution >= 4 is 11.8 Å². The van der Waals surface area contributed by atoms with Gasteiger partial charge >= 0.3 is 0 Å². The van der Waals surface area contributed by atoms with Gasteiger partial charge in [0.2, 0.25) is 11.8 Å². The van der Waals surface area contributed by atoms with Gasteiger partial charge in [-0.15, -0.1) is 0 Å². The minimum atomic E-state index is -0.525. The summed E-state index contributed by atoms with van der Waals surface area (Å²) < 4.78 is 0. The third kappa shape index (κ3) is 3.10. The molecule has 1 N–H and O–H groups in total. The quantitative estimate of drug-likeness (QED) is 0.735. The van der Waals surface area contributed by atoms with Gasteiger partial charge in [0.05, 0.1) is 5.41 Å². The Labute approximate surface area is 110 Å². The van der Waals surface area contributed by atoms with Crippen molar-refractivity contribution in [2.45, 2.75) is 53.5 Å². The van der Waals surface area contributed by atoms with Gasteiger partial charge in [0, 0.05) is 19.0 Å². The number of rotatable bonds is 6. The van der Waals surface area contributed by atoms with E-state index in [1.807, 2.05) is 20.8 Å². The summed E-state index contributed by atoms with van der Waals surface area (Å²) in [5, 5.41) is 3.38. The Kier molecular flexibility index (Phi) is 4.91. The fraction of sp³-hybridized carbons (Fsp3) is 0.857. The topological polar surface area (TPSA) is 49.4 Å². The Balaban J connectivity index is 2.75. The summed E-state index contributed by atoms with van der Waals surface area (Å²) >= 11 is 0. The SMILES string of the molecule is CCNC(CN1C(=O)CC(C)(C)C1=O)C(C)CC. The Morgan fingerprint density at radius 1 is 1.33 bits per heavy atom. The van der Waals surface area contributed by atoms with Gasteiger partial charge in [0.1, 0.15) is 0 Å². The van der Waals surface area contributed by atoms with Gasteiger partial charge in [0.15, 0.2) is 0 Å². The van der Waals surface area contributed by atoms with Gasteiger partial charge in [0.25, 0.3) is 0 Å². The molecule has 2 atom stereocenters. The smallest absolute Gasteiger partial charge is 0.235 e. The Bertz CT molecular complexity index is 326. The molecule has 0 bridgehead atoms. The predicted octanol–water partition coefficient (Wildman–Crippen LogP) is 1.80. The highest BCUT2D eigenvalue weighted by Crippen LogP contribution is 2.32. The molecule has 0 aliphatic carbocycles. The number of carbonyl (C=O) groups excluding carboxylic acids is 2. The second kappa shape index (κ2) is 5.83. The minimum absolute atomic E-state index is 0.0290. The fourth-order valence-corrected chi connectivity index (χ4v) is 2.40. The van der Waals surface area contributed by atoms with Crippen LogP contribution in [0, 0.1) is 11.3 Å². The van der Waals surface area contributed by atoms with Crippen LogP contribution in [0.1, 0.15) is 47.5 Å². The molecule has 0 aromatic rings. The summed E-state index contributed by atoms with van der Waals surface area (Å²) in [4.78, 5) is 25.5. The van der Waals surface area contributed by atoms with E-state index in [4.69, 9.17) is 0 Å². The molecule has 1 aliphatic heterocycles. The van der Waals surface area contributed by atoms with E-state index in [0.717, 1.165) is 13.0 Å². The molecule has 18 heavy (non-hydrogen) atoms. The molecule has 0 radical (unpaired) electrons. The van der Waals surface area contributed by atoms with Crippen molar-refractivity contribution in [3.8, 4) is 0 Å². The van der Waals surface area contributed by atoms with Gasteiger partial charge in [-0.3, -0.25) is 14.5 Å². The number of nitrogens with zero attached hydrogens (tertiary/aromatic N) is 1. The van der Waals surface area contributed by atoms with Crippen LogP contribution in [0.3, 0.4) is 0 Å². The molecular weight excluding hydrogens is 228 g/mol. The number of imide groups is 1. The van der Waals surface area contributed by atoms with Gasteiger partial charge in [-0.05, 0) is 12.5 Å². The average Bonchev–Trinajstić information content (AvgIpc) is 2.49. The lowest BCUT2D eigenvalue weighted by atomic mass is 9.92. The van der Waals surface area contributed by atoms with Gasteiger partial charge in [-0.2, -0.15) is 0 Å². The average molecular weight is 254 g/mol. The number of carbonyl (C=O) groups is 2. The van der Waals surface area contributed by atoms with Crippen LogP contribution in [0.15, 0.2) is 0 Å². The molecule has 1 fully saturated rings. The molecule has 0 saturated carbocycles. The van der Waals surface area contributed by atoms with E-state index in [1.165, 1.54) is 4.90 Å². The summed E-state index contributed by atoms with van der Waals surface area (Å²) in [6, 6.07) is 0.196. The van der Waals surface area contributed by atoms with Crippen molar-refractivity contribution in [2.75, 3.05) is 13.1 Å². The molecule has 4 nitrogen and oxygen atoms in total. The third-order valence-electron chi connectivity index (χ3n) is 3.89. The van der Waals surface area contributed by atoms with Crippen LogP contribution in [0.4, 0.5) is 0 Å².